The minimum Gasteiger partial charge on any atom is -0.493 e. The summed E-state index contributed by atoms with van der Waals surface area (Å²) in [6.45, 7) is 8.13. The topological polar surface area (TPSA) is 108 Å². The van der Waals surface area contributed by atoms with Gasteiger partial charge in [0, 0.05) is 47.4 Å². The number of Topliss-reactive ketones (excluding diaryl/α,β-unsaturated/α-hetero) is 2. The lowest BCUT2D eigenvalue weighted by Gasteiger charge is -2.44. The van der Waals surface area contributed by atoms with Crippen LogP contribution >= 0.6 is 22.6 Å². The minimum atomic E-state index is -4.77. The third-order valence-corrected chi connectivity index (χ3v) is 8.80. The Morgan fingerprint density at radius 3 is 1.98 bits per heavy atom. The van der Waals surface area contributed by atoms with E-state index in [4.69, 9.17) is 9.47 Å². The SMILES string of the molecule is COc1cc(C2C3=C(CC(C)(C)CC3=O)NC3=C2C(=O)CC(C)(C)C3)cc(I)c1Oc1ccc(C(F)(F)F)cc1[N+](=O)[O-]. The van der Waals surface area contributed by atoms with Crippen LogP contribution in [-0.2, 0) is 15.8 Å². The molecule has 43 heavy (non-hydrogen) atoms. The lowest BCUT2D eigenvalue weighted by molar-refractivity contribution is -0.385. The van der Waals surface area contributed by atoms with Crippen LogP contribution in [0, 0.1) is 24.5 Å². The molecule has 2 aromatic carbocycles. The summed E-state index contributed by atoms with van der Waals surface area (Å²) in [7, 11) is 1.36. The highest BCUT2D eigenvalue weighted by Gasteiger charge is 2.46. The molecule has 228 valence electrons. The Labute approximate surface area is 260 Å². The van der Waals surface area contributed by atoms with Gasteiger partial charge < -0.3 is 14.8 Å². The number of nitrogens with zero attached hydrogens (tertiary/aromatic N) is 1. The average molecular weight is 710 g/mol. The van der Waals surface area contributed by atoms with Gasteiger partial charge in [-0.2, -0.15) is 13.2 Å². The summed E-state index contributed by atoms with van der Waals surface area (Å²) in [5, 5.41) is 15.1. The Morgan fingerprint density at radius 1 is 0.930 bits per heavy atom. The zero-order chi connectivity index (χ0) is 31.6. The molecule has 1 N–H and O–H groups in total. The fraction of sp³-hybridized carbons (Fsp3) is 0.419. The van der Waals surface area contributed by atoms with Crippen LogP contribution in [0.5, 0.6) is 17.2 Å². The summed E-state index contributed by atoms with van der Waals surface area (Å²) < 4.78 is 51.5. The first-order valence-corrected chi connectivity index (χ1v) is 14.7. The normalized spacial score (nSPS) is 19.9. The molecule has 1 aliphatic heterocycles. The number of dihydropyridines is 1. The zero-order valence-corrected chi connectivity index (χ0v) is 26.4. The molecule has 0 unspecified atom stereocenters. The number of nitro groups is 1. The van der Waals surface area contributed by atoms with E-state index in [1.165, 1.54) is 7.11 Å². The Balaban J connectivity index is 1.64. The van der Waals surface area contributed by atoms with Crippen LogP contribution in [0.1, 0.15) is 70.4 Å². The van der Waals surface area contributed by atoms with E-state index in [0.717, 1.165) is 17.5 Å². The van der Waals surface area contributed by atoms with Crippen LogP contribution in [0.4, 0.5) is 18.9 Å². The molecule has 5 rings (SSSR count). The number of ketones is 2. The van der Waals surface area contributed by atoms with Gasteiger partial charge in [0.05, 0.1) is 21.2 Å². The molecule has 0 saturated carbocycles. The number of rotatable bonds is 5. The number of hydrogen-bond donors (Lipinski definition) is 1. The van der Waals surface area contributed by atoms with Gasteiger partial charge in [0.25, 0.3) is 0 Å². The van der Waals surface area contributed by atoms with Gasteiger partial charge in [0.2, 0.25) is 5.75 Å². The Bertz CT molecular complexity index is 1590. The second-order valence-corrected chi connectivity index (χ2v) is 14.0. The molecule has 0 radical (unpaired) electrons. The Morgan fingerprint density at radius 2 is 1.49 bits per heavy atom. The number of alkyl halides is 3. The van der Waals surface area contributed by atoms with Gasteiger partial charge in [-0.15, -0.1) is 0 Å². The molecule has 0 saturated heterocycles. The number of nitro benzene ring substituents is 1. The van der Waals surface area contributed by atoms with E-state index in [1.807, 2.05) is 50.3 Å². The number of hydrogen-bond acceptors (Lipinski definition) is 7. The number of benzene rings is 2. The zero-order valence-electron chi connectivity index (χ0n) is 24.2. The van der Waals surface area contributed by atoms with Crippen LogP contribution in [0.25, 0.3) is 0 Å². The smallest absolute Gasteiger partial charge is 0.416 e. The predicted octanol–water partition coefficient (Wildman–Crippen LogP) is 7.99. The molecule has 0 fully saturated rings. The van der Waals surface area contributed by atoms with Crippen LogP contribution in [0.3, 0.4) is 0 Å². The maximum absolute atomic E-state index is 13.6. The third kappa shape index (κ3) is 5.89. The van der Waals surface area contributed by atoms with Crippen molar-refractivity contribution < 1.29 is 37.2 Å². The molecule has 2 aromatic rings. The second kappa shape index (κ2) is 10.6. The summed E-state index contributed by atoms with van der Waals surface area (Å²) in [5.74, 6) is -0.959. The molecular formula is C31H30F3IN2O6. The number of nitrogens with one attached hydrogen (secondary N) is 1. The van der Waals surface area contributed by atoms with Crippen LogP contribution in [0.15, 0.2) is 52.9 Å². The number of carbonyl (C=O) groups excluding carboxylic acids is 2. The molecule has 0 aromatic heterocycles. The Hall–Kier alpha value is -3.42. The molecular weight excluding hydrogens is 680 g/mol. The van der Waals surface area contributed by atoms with Crippen LogP contribution in [-0.4, -0.2) is 23.6 Å². The molecule has 8 nitrogen and oxygen atoms in total. The van der Waals surface area contributed by atoms with Crippen molar-refractivity contribution in [3.63, 3.8) is 0 Å². The van der Waals surface area contributed by atoms with Crippen molar-refractivity contribution in [3.05, 3.63) is 77.7 Å². The van der Waals surface area contributed by atoms with Gasteiger partial charge in [0.1, 0.15) is 0 Å². The van der Waals surface area contributed by atoms with Gasteiger partial charge in [-0.25, -0.2) is 0 Å². The van der Waals surface area contributed by atoms with Crippen molar-refractivity contribution in [2.75, 3.05) is 7.11 Å². The van der Waals surface area contributed by atoms with E-state index in [9.17, 15) is 32.9 Å². The molecule has 0 bridgehead atoms. The third-order valence-electron chi connectivity index (χ3n) is 8.00. The molecule has 3 aliphatic rings. The molecule has 0 spiro atoms. The van der Waals surface area contributed by atoms with Crippen molar-refractivity contribution in [2.24, 2.45) is 10.8 Å². The number of carbonyl (C=O) groups is 2. The van der Waals surface area contributed by atoms with E-state index in [2.05, 4.69) is 5.32 Å². The fourth-order valence-corrected chi connectivity index (χ4v) is 7.00. The molecule has 0 amide bonds. The summed E-state index contributed by atoms with van der Waals surface area (Å²) in [5.41, 5.74) is 0.717. The van der Waals surface area contributed by atoms with Crippen molar-refractivity contribution in [1.82, 2.24) is 5.32 Å². The number of allylic oxidation sites excluding steroid dienone is 4. The highest BCUT2D eigenvalue weighted by atomic mass is 127. The van der Waals surface area contributed by atoms with E-state index in [0.29, 0.717) is 58.1 Å². The van der Waals surface area contributed by atoms with Crippen molar-refractivity contribution >= 4 is 39.8 Å². The van der Waals surface area contributed by atoms with E-state index >= 15 is 0 Å². The average Bonchev–Trinajstić information content (AvgIpc) is 2.86. The fourth-order valence-electron chi connectivity index (χ4n) is 6.26. The number of methoxy groups -OCH3 is 1. The quantitative estimate of drug-likeness (QED) is 0.191. The maximum atomic E-state index is 13.6. The summed E-state index contributed by atoms with van der Waals surface area (Å²) in [6.07, 6.45) is -2.88. The van der Waals surface area contributed by atoms with Crippen molar-refractivity contribution in [3.8, 4) is 17.2 Å². The highest BCUT2D eigenvalue weighted by Crippen LogP contribution is 2.52. The van der Waals surface area contributed by atoms with Gasteiger partial charge in [-0.05, 0) is 76.1 Å². The highest BCUT2D eigenvalue weighted by molar-refractivity contribution is 14.1. The van der Waals surface area contributed by atoms with Gasteiger partial charge in [-0.3, -0.25) is 19.7 Å². The Kier molecular flexibility index (Phi) is 7.67. The molecule has 0 atom stereocenters. The largest absolute Gasteiger partial charge is 0.493 e. The molecule has 2 aliphatic carbocycles. The van der Waals surface area contributed by atoms with Crippen LogP contribution < -0.4 is 14.8 Å². The second-order valence-electron chi connectivity index (χ2n) is 12.8. The van der Waals surface area contributed by atoms with Gasteiger partial charge in [-0.1, -0.05) is 27.7 Å². The van der Waals surface area contributed by atoms with Crippen LogP contribution in [0.2, 0.25) is 0 Å². The maximum Gasteiger partial charge on any atom is 0.416 e. The standard InChI is InChI=1S/C31H30F3IN2O6/c1-29(2)11-18-26(21(38)13-29)25(27-19(36-18)12-30(3,4)14-22(27)39)15-8-17(35)28(24(9-15)42-5)43-23-7-6-16(31(32,33)34)10-20(23)37(40)41/h6-10,25,36H,11-14H2,1-5H3. The minimum absolute atomic E-state index is 0.0531. The molecule has 12 heteroatoms. The number of halogens is 4. The lowest BCUT2D eigenvalue weighted by atomic mass is 9.64. The predicted molar refractivity (Wildman–Crippen MR) is 160 cm³/mol. The van der Waals surface area contributed by atoms with Gasteiger partial charge in [0.15, 0.2) is 23.1 Å². The lowest BCUT2D eigenvalue weighted by Crippen LogP contribution is -2.42. The number of ether oxygens (including phenoxy) is 2. The van der Waals surface area contributed by atoms with E-state index in [-0.39, 0.29) is 33.9 Å². The van der Waals surface area contributed by atoms with Crippen molar-refractivity contribution in [2.45, 2.75) is 65.5 Å². The molecule has 1 heterocycles. The summed E-state index contributed by atoms with van der Waals surface area (Å²) >= 11 is 1.95. The monoisotopic (exact) mass is 710 g/mol. The van der Waals surface area contributed by atoms with Crippen molar-refractivity contribution in [1.29, 1.82) is 0 Å². The van der Waals surface area contributed by atoms with Gasteiger partial charge >= 0.3 is 11.9 Å². The first kappa shape index (κ1) is 31.0. The van der Waals surface area contributed by atoms with E-state index in [1.54, 1.807) is 12.1 Å². The summed E-state index contributed by atoms with van der Waals surface area (Å²) in [4.78, 5) is 38.0. The first-order valence-electron chi connectivity index (χ1n) is 13.6. The van der Waals surface area contributed by atoms with E-state index < -0.39 is 34.0 Å². The summed E-state index contributed by atoms with van der Waals surface area (Å²) in [6, 6.07) is 5.38. The first-order chi connectivity index (χ1) is 19.9.